The standard InChI is InChI=1S/C44H85NO5/c1-3-5-7-9-11-12-13-14-15-16-17-18-19-20-21-22-23-24-25-26-31-35-39-44(49)50-41(36-32-28-10-8-6-4-2)37-33-29-27-30-34-38-42(46)45-40-43(47)48/h41H,3-40H2,1-2H3,(H,45,46)(H,47,48). The number of rotatable bonds is 41. The highest BCUT2D eigenvalue weighted by Gasteiger charge is 2.14. The molecule has 0 heterocycles. The second kappa shape index (κ2) is 40.2. The summed E-state index contributed by atoms with van der Waals surface area (Å²) in [5.74, 6) is -1.22. The number of carbonyl (C=O) groups excluding carboxylic acids is 2. The highest BCUT2D eigenvalue weighted by atomic mass is 16.5. The molecule has 0 aromatic heterocycles. The minimum absolute atomic E-state index is 0.0125. The minimum atomic E-state index is -1.01. The van der Waals surface area contributed by atoms with Crippen molar-refractivity contribution >= 4 is 17.8 Å². The van der Waals surface area contributed by atoms with Gasteiger partial charge in [0.15, 0.2) is 0 Å². The molecule has 50 heavy (non-hydrogen) atoms. The van der Waals surface area contributed by atoms with Crippen LogP contribution in [-0.2, 0) is 19.1 Å². The third-order valence-corrected chi connectivity index (χ3v) is 10.3. The zero-order valence-corrected chi connectivity index (χ0v) is 33.5. The van der Waals surface area contributed by atoms with Crippen molar-refractivity contribution in [3.63, 3.8) is 0 Å². The molecule has 0 saturated heterocycles. The van der Waals surface area contributed by atoms with Crippen molar-refractivity contribution in [3.8, 4) is 0 Å². The van der Waals surface area contributed by atoms with E-state index in [4.69, 9.17) is 9.84 Å². The molecule has 1 atom stereocenters. The zero-order chi connectivity index (χ0) is 36.6. The monoisotopic (exact) mass is 708 g/mol. The molecule has 0 aromatic rings. The fourth-order valence-corrected chi connectivity index (χ4v) is 6.99. The molecule has 0 spiro atoms. The average Bonchev–Trinajstić information content (AvgIpc) is 3.10. The maximum atomic E-state index is 12.7. The van der Waals surface area contributed by atoms with Crippen LogP contribution < -0.4 is 5.32 Å². The zero-order valence-electron chi connectivity index (χ0n) is 33.5. The molecule has 2 N–H and O–H groups in total. The van der Waals surface area contributed by atoms with E-state index in [1.807, 2.05) is 0 Å². The van der Waals surface area contributed by atoms with Gasteiger partial charge in [0.1, 0.15) is 12.6 Å². The van der Waals surface area contributed by atoms with Gasteiger partial charge in [-0.15, -0.1) is 0 Å². The number of unbranched alkanes of at least 4 members (excludes halogenated alkanes) is 30. The lowest BCUT2D eigenvalue weighted by Crippen LogP contribution is -2.28. The van der Waals surface area contributed by atoms with Crippen LogP contribution in [0.3, 0.4) is 0 Å². The number of hydrogen-bond acceptors (Lipinski definition) is 4. The molecule has 0 aliphatic carbocycles. The van der Waals surface area contributed by atoms with Crippen LogP contribution in [0.2, 0.25) is 0 Å². The first-order valence-electron chi connectivity index (χ1n) is 22.2. The number of esters is 1. The molecular formula is C44H85NO5. The van der Waals surface area contributed by atoms with Crippen molar-refractivity contribution in [1.82, 2.24) is 5.32 Å². The van der Waals surface area contributed by atoms with Gasteiger partial charge in [-0.25, -0.2) is 0 Å². The number of aliphatic carboxylic acids is 1. The van der Waals surface area contributed by atoms with Crippen LogP contribution in [0.5, 0.6) is 0 Å². The van der Waals surface area contributed by atoms with Crippen LogP contribution in [0.4, 0.5) is 0 Å². The van der Waals surface area contributed by atoms with E-state index in [9.17, 15) is 14.4 Å². The molecule has 0 aromatic carbocycles. The van der Waals surface area contributed by atoms with E-state index in [0.717, 1.165) is 64.2 Å². The number of amides is 1. The molecule has 0 radical (unpaired) electrons. The molecule has 0 rings (SSSR count). The predicted octanol–water partition coefficient (Wildman–Crippen LogP) is 13.6. The van der Waals surface area contributed by atoms with E-state index in [1.54, 1.807) is 0 Å². The van der Waals surface area contributed by atoms with Gasteiger partial charge in [0.25, 0.3) is 0 Å². The van der Waals surface area contributed by atoms with Crippen molar-refractivity contribution in [2.24, 2.45) is 0 Å². The molecule has 1 unspecified atom stereocenters. The lowest BCUT2D eigenvalue weighted by atomic mass is 10.0. The largest absolute Gasteiger partial charge is 0.480 e. The minimum Gasteiger partial charge on any atom is -0.480 e. The van der Waals surface area contributed by atoms with Gasteiger partial charge in [0.2, 0.25) is 5.91 Å². The first-order chi connectivity index (χ1) is 24.5. The summed E-state index contributed by atoms with van der Waals surface area (Å²) >= 11 is 0. The number of nitrogens with one attached hydrogen (secondary N) is 1. The highest BCUT2D eigenvalue weighted by molar-refractivity contribution is 5.80. The molecule has 0 aliphatic heterocycles. The van der Waals surface area contributed by atoms with Crippen LogP contribution in [0, 0.1) is 0 Å². The maximum absolute atomic E-state index is 12.7. The van der Waals surface area contributed by atoms with Gasteiger partial charge in [0, 0.05) is 12.8 Å². The fourth-order valence-electron chi connectivity index (χ4n) is 6.99. The molecule has 0 aliphatic rings. The number of carbonyl (C=O) groups is 3. The maximum Gasteiger partial charge on any atom is 0.322 e. The number of hydrogen-bond donors (Lipinski definition) is 2. The van der Waals surface area contributed by atoms with E-state index < -0.39 is 5.97 Å². The van der Waals surface area contributed by atoms with E-state index >= 15 is 0 Å². The molecule has 0 saturated carbocycles. The summed E-state index contributed by atoms with van der Waals surface area (Å²) in [7, 11) is 0. The van der Waals surface area contributed by atoms with Crippen molar-refractivity contribution < 1.29 is 24.2 Å². The Morgan fingerprint density at radius 3 is 1.08 bits per heavy atom. The SMILES string of the molecule is CCCCCCCCCCCCCCCCCCCCCCCCC(=O)OC(CCCCCCCC)CCCCCCCC(=O)NCC(=O)O. The van der Waals surface area contributed by atoms with Crippen LogP contribution >= 0.6 is 0 Å². The van der Waals surface area contributed by atoms with Crippen LogP contribution in [-0.4, -0.2) is 35.6 Å². The number of carboxylic acids is 1. The summed E-state index contributed by atoms with van der Waals surface area (Å²) in [6.07, 6.45) is 45.4. The first-order valence-corrected chi connectivity index (χ1v) is 22.2. The van der Waals surface area contributed by atoms with E-state index in [1.165, 1.54) is 161 Å². The lowest BCUT2D eigenvalue weighted by molar-refractivity contribution is -0.150. The van der Waals surface area contributed by atoms with Gasteiger partial charge >= 0.3 is 11.9 Å². The summed E-state index contributed by atoms with van der Waals surface area (Å²) < 4.78 is 5.99. The summed E-state index contributed by atoms with van der Waals surface area (Å²) in [6.45, 7) is 4.23. The Hall–Kier alpha value is -1.59. The number of carboxylic acid groups (broad SMARTS) is 1. The van der Waals surface area contributed by atoms with E-state index in [2.05, 4.69) is 19.2 Å². The van der Waals surface area contributed by atoms with Crippen LogP contribution in [0.25, 0.3) is 0 Å². The van der Waals surface area contributed by atoms with Gasteiger partial charge in [-0.05, 0) is 38.5 Å². The summed E-state index contributed by atoms with van der Waals surface area (Å²) in [5.41, 5.74) is 0. The van der Waals surface area contributed by atoms with Gasteiger partial charge < -0.3 is 15.2 Å². The molecule has 0 fully saturated rings. The normalized spacial score (nSPS) is 11.9. The Balaban J connectivity index is 3.79. The Kier molecular flexibility index (Phi) is 38.9. The second-order valence-corrected chi connectivity index (χ2v) is 15.3. The Labute approximate surface area is 310 Å². The topological polar surface area (TPSA) is 92.7 Å². The highest BCUT2D eigenvalue weighted by Crippen LogP contribution is 2.19. The lowest BCUT2D eigenvalue weighted by Gasteiger charge is -2.18. The quantitative estimate of drug-likeness (QED) is 0.0487. The van der Waals surface area contributed by atoms with Crippen molar-refractivity contribution in [3.05, 3.63) is 0 Å². The molecule has 6 nitrogen and oxygen atoms in total. The van der Waals surface area contributed by atoms with Gasteiger partial charge in [-0.2, -0.15) is 0 Å². The first kappa shape index (κ1) is 48.4. The van der Waals surface area contributed by atoms with Gasteiger partial charge in [0.05, 0.1) is 0 Å². The van der Waals surface area contributed by atoms with Crippen molar-refractivity contribution in [1.29, 1.82) is 0 Å². The fraction of sp³-hybridized carbons (Fsp3) is 0.932. The smallest absolute Gasteiger partial charge is 0.322 e. The third-order valence-electron chi connectivity index (χ3n) is 10.3. The second-order valence-electron chi connectivity index (χ2n) is 15.3. The average molecular weight is 708 g/mol. The third kappa shape index (κ3) is 39.2. The molecule has 1 amide bonds. The summed E-state index contributed by atoms with van der Waals surface area (Å²) in [6, 6.07) is 0. The van der Waals surface area contributed by atoms with Crippen LogP contribution in [0.15, 0.2) is 0 Å². The van der Waals surface area contributed by atoms with E-state index in [-0.39, 0.29) is 24.5 Å². The predicted molar refractivity (Wildman–Crippen MR) is 213 cm³/mol. The number of ether oxygens (including phenoxy) is 1. The molecule has 296 valence electrons. The molecular weight excluding hydrogens is 622 g/mol. The van der Waals surface area contributed by atoms with E-state index in [0.29, 0.717) is 12.8 Å². The van der Waals surface area contributed by atoms with Crippen molar-refractivity contribution in [2.75, 3.05) is 6.54 Å². The van der Waals surface area contributed by atoms with Gasteiger partial charge in [-0.1, -0.05) is 200 Å². The Bertz CT molecular complexity index is 742. The molecule has 0 bridgehead atoms. The molecule has 6 heteroatoms. The summed E-state index contributed by atoms with van der Waals surface area (Å²) in [5, 5.41) is 11.1. The Morgan fingerprint density at radius 2 is 0.740 bits per heavy atom. The van der Waals surface area contributed by atoms with Crippen LogP contribution in [0.1, 0.15) is 251 Å². The Morgan fingerprint density at radius 1 is 0.440 bits per heavy atom. The van der Waals surface area contributed by atoms with Crippen molar-refractivity contribution in [2.45, 2.75) is 258 Å². The summed E-state index contributed by atoms with van der Waals surface area (Å²) in [4.78, 5) is 34.9. The van der Waals surface area contributed by atoms with Gasteiger partial charge in [-0.3, -0.25) is 14.4 Å².